The summed E-state index contributed by atoms with van der Waals surface area (Å²) < 4.78 is 5.94. The van der Waals surface area contributed by atoms with E-state index in [0.717, 1.165) is 0 Å². The van der Waals surface area contributed by atoms with Gasteiger partial charge in [-0.25, -0.2) is 4.79 Å². The van der Waals surface area contributed by atoms with E-state index < -0.39 is 17.4 Å². The molecule has 0 aliphatic carbocycles. The molecule has 1 rings (SSSR count). The lowest BCUT2D eigenvalue weighted by Crippen LogP contribution is -2.51. The van der Waals surface area contributed by atoms with Gasteiger partial charge in [0.15, 0.2) is 0 Å². The Hall–Kier alpha value is -1.76. The van der Waals surface area contributed by atoms with Gasteiger partial charge in [0.05, 0.1) is 12.2 Å². The van der Waals surface area contributed by atoms with E-state index in [4.69, 9.17) is 10.5 Å². The smallest absolute Gasteiger partial charge is 0.329 e. The second kappa shape index (κ2) is 6.80. The van der Waals surface area contributed by atoms with Crippen molar-refractivity contribution < 1.29 is 19.4 Å². The Morgan fingerprint density at radius 1 is 1.43 bits per heavy atom. The third-order valence-corrected chi connectivity index (χ3v) is 3.90. The number of nitrogen functional groups attached to an aromatic ring is 1. The molecule has 0 fully saturated rings. The fourth-order valence-electron chi connectivity index (χ4n) is 1.63. The number of ether oxygens (including phenoxy) is 1. The predicted molar refractivity (Wildman–Crippen MR) is 83.5 cm³/mol. The quantitative estimate of drug-likeness (QED) is 0.677. The van der Waals surface area contributed by atoms with E-state index in [0.29, 0.717) is 22.5 Å². The zero-order chi connectivity index (χ0) is 16.2. The number of aliphatic carboxylic acids is 1. The number of hydrogen-bond donors (Lipinski definition) is 3. The highest BCUT2D eigenvalue weighted by Crippen LogP contribution is 2.30. The molecule has 21 heavy (non-hydrogen) atoms. The zero-order valence-electron chi connectivity index (χ0n) is 12.2. The molecule has 0 radical (unpaired) electrons. The van der Waals surface area contributed by atoms with Crippen LogP contribution in [-0.2, 0) is 4.79 Å². The lowest BCUT2D eigenvalue weighted by atomic mass is 9.98. The molecular weight excluding hydrogens is 340 g/mol. The maximum atomic E-state index is 12.4. The summed E-state index contributed by atoms with van der Waals surface area (Å²) in [7, 11) is 0. The number of nitrogens with two attached hydrogens (primary N) is 1. The van der Waals surface area contributed by atoms with Crippen LogP contribution in [0.15, 0.2) is 16.6 Å². The van der Waals surface area contributed by atoms with E-state index in [2.05, 4.69) is 21.2 Å². The summed E-state index contributed by atoms with van der Waals surface area (Å²) in [6, 6.07) is 3.06. The summed E-state index contributed by atoms with van der Waals surface area (Å²) in [6.45, 7) is 5.30. The molecular formula is C14H19BrN2O4. The minimum Gasteiger partial charge on any atom is -0.493 e. The molecule has 4 N–H and O–H groups in total. The van der Waals surface area contributed by atoms with Gasteiger partial charge in [0.25, 0.3) is 5.91 Å². The number of carboxylic acid groups (broad SMARTS) is 1. The zero-order valence-corrected chi connectivity index (χ0v) is 13.8. The largest absolute Gasteiger partial charge is 0.493 e. The third kappa shape index (κ3) is 3.87. The average molecular weight is 359 g/mol. The van der Waals surface area contributed by atoms with Gasteiger partial charge in [-0.3, -0.25) is 4.79 Å². The number of carbonyl (C=O) groups excluding carboxylic acids is 1. The van der Waals surface area contributed by atoms with Crippen LogP contribution in [0.5, 0.6) is 5.75 Å². The summed E-state index contributed by atoms with van der Waals surface area (Å²) in [6.07, 6.45) is 0.258. The standard InChI is InChI=1S/C14H19BrN2O4/c1-4-14(3,13(19)20)17-12(18)8-6-9(15)10(16)7-11(8)21-5-2/h6-7H,4-5,16H2,1-3H3,(H,17,18)(H,19,20)/t14-/m1/s1. The number of nitrogens with one attached hydrogen (secondary N) is 1. The molecule has 0 saturated heterocycles. The third-order valence-electron chi connectivity index (χ3n) is 3.21. The van der Waals surface area contributed by atoms with Gasteiger partial charge in [0, 0.05) is 16.2 Å². The molecule has 0 spiro atoms. The summed E-state index contributed by atoms with van der Waals surface area (Å²) in [5.41, 5.74) is 5.10. The lowest BCUT2D eigenvalue weighted by Gasteiger charge is -2.25. The minimum atomic E-state index is -1.34. The first kappa shape index (κ1) is 17.3. The van der Waals surface area contributed by atoms with E-state index in [-0.39, 0.29) is 12.0 Å². The van der Waals surface area contributed by atoms with Crippen molar-refractivity contribution in [3.63, 3.8) is 0 Å². The molecule has 116 valence electrons. The van der Waals surface area contributed by atoms with Crippen LogP contribution in [0.2, 0.25) is 0 Å². The first-order valence-electron chi connectivity index (χ1n) is 6.52. The van der Waals surface area contributed by atoms with Crippen LogP contribution in [0.4, 0.5) is 5.69 Å². The second-order valence-electron chi connectivity index (χ2n) is 4.75. The van der Waals surface area contributed by atoms with Crippen LogP contribution in [0.1, 0.15) is 37.6 Å². The molecule has 0 unspecified atom stereocenters. The molecule has 1 amide bonds. The number of benzene rings is 1. The molecule has 1 aromatic rings. The van der Waals surface area contributed by atoms with Crippen LogP contribution in [-0.4, -0.2) is 29.1 Å². The van der Waals surface area contributed by atoms with Crippen LogP contribution in [0.25, 0.3) is 0 Å². The second-order valence-corrected chi connectivity index (χ2v) is 5.60. The van der Waals surface area contributed by atoms with E-state index in [1.54, 1.807) is 13.8 Å². The highest BCUT2D eigenvalue weighted by Gasteiger charge is 2.33. The molecule has 7 heteroatoms. The number of hydrogen-bond acceptors (Lipinski definition) is 4. The van der Waals surface area contributed by atoms with Crippen molar-refractivity contribution in [3.8, 4) is 5.75 Å². The average Bonchev–Trinajstić information content (AvgIpc) is 2.42. The summed E-state index contributed by atoms with van der Waals surface area (Å²) >= 11 is 3.25. The maximum Gasteiger partial charge on any atom is 0.329 e. The fraction of sp³-hybridized carbons (Fsp3) is 0.429. The molecule has 0 aliphatic rings. The van der Waals surface area contributed by atoms with E-state index >= 15 is 0 Å². The number of halogens is 1. The van der Waals surface area contributed by atoms with Crippen molar-refractivity contribution in [2.24, 2.45) is 0 Å². The fourth-order valence-corrected chi connectivity index (χ4v) is 1.98. The van der Waals surface area contributed by atoms with E-state index in [1.165, 1.54) is 19.1 Å². The number of carboxylic acids is 1. The maximum absolute atomic E-state index is 12.4. The van der Waals surface area contributed by atoms with Gasteiger partial charge in [0.1, 0.15) is 11.3 Å². The monoisotopic (exact) mass is 358 g/mol. The van der Waals surface area contributed by atoms with Crippen LogP contribution in [0.3, 0.4) is 0 Å². The molecule has 6 nitrogen and oxygen atoms in total. The lowest BCUT2D eigenvalue weighted by molar-refractivity contribution is -0.143. The van der Waals surface area contributed by atoms with Gasteiger partial charge in [-0.1, -0.05) is 6.92 Å². The van der Waals surface area contributed by atoms with E-state index in [9.17, 15) is 14.7 Å². The topological polar surface area (TPSA) is 102 Å². The SMILES string of the molecule is CCOc1cc(N)c(Br)cc1C(=O)N[C@](C)(CC)C(=O)O. The van der Waals surface area contributed by atoms with Gasteiger partial charge in [-0.05, 0) is 42.3 Å². The molecule has 0 heterocycles. The summed E-state index contributed by atoms with van der Waals surface area (Å²) in [4.78, 5) is 23.6. The van der Waals surface area contributed by atoms with Crippen molar-refractivity contribution in [2.45, 2.75) is 32.7 Å². The molecule has 0 aliphatic heterocycles. The van der Waals surface area contributed by atoms with Crippen molar-refractivity contribution in [1.82, 2.24) is 5.32 Å². The Morgan fingerprint density at radius 2 is 2.05 bits per heavy atom. The van der Waals surface area contributed by atoms with Gasteiger partial charge in [0.2, 0.25) is 0 Å². The van der Waals surface area contributed by atoms with Crippen LogP contribution in [0, 0.1) is 0 Å². The Balaban J connectivity index is 3.17. The Morgan fingerprint density at radius 3 is 2.52 bits per heavy atom. The minimum absolute atomic E-state index is 0.235. The van der Waals surface area contributed by atoms with Crippen LogP contribution >= 0.6 is 15.9 Å². The Labute approximate surface area is 131 Å². The first-order valence-corrected chi connectivity index (χ1v) is 7.32. The van der Waals surface area contributed by atoms with Gasteiger partial charge in [-0.2, -0.15) is 0 Å². The van der Waals surface area contributed by atoms with Crippen LogP contribution < -0.4 is 15.8 Å². The van der Waals surface area contributed by atoms with Gasteiger partial charge in [-0.15, -0.1) is 0 Å². The first-order chi connectivity index (χ1) is 9.75. The van der Waals surface area contributed by atoms with Crippen molar-refractivity contribution in [1.29, 1.82) is 0 Å². The molecule has 0 aromatic heterocycles. The highest BCUT2D eigenvalue weighted by atomic mass is 79.9. The van der Waals surface area contributed by atoms with Crippen molar-refractivity contribution in [2.75, 3.05) is 12.3 Å². The van der Waals surface area contributed by atoms with Gasteiger partial charge < -0.3 is 20.9 Å². The predicted octanol–water partition coefficient (Wildman–Crippen LogP) is 2.41. The molecule has 1 atom stereocenters. The normalized spacial score (nSPS) is 13.3. The van der Waals surface area contributed by atoms with Crippen molar-refractivity contribution >= 4 is 33.5 Å². The molecule has 0 saturated carbocycles. The number of carbonyl (C=O) groups is 2. The van der Waals surface area contributed by atoms with Gasteiger partial charge >= 0.3 is 5.97 Å². The number of amides is 1. The molecule has 1 aromatic carbocycles. The molecule has 0 bridgehead atoms. The summed E-state index contributed by atoms with van der Waals surface area (Å²) in [5.74, 6) is -1.30. The summed E-state index contributed by atoms with van der Waals surface area (Å²) in [5, 5.41) is 11.7. The number of rotatable bonds is 6. The van der Waals surface area contributed by atoms with E-state index in [1.807, 2.05) is 0 Å². The van der Waals surface area contributed by atoms with Crippen molar-refractivity contribution in [3.05, 3.63) is 22.2 Å². The highest BCUT2D eigenvalue weighted by molar-refractivity contribution is 9.10. The number of anilines is 1. The Bertz CT molecular complexity index is 562. The Kier molecular flexibility index (Phi) is 5.60.